The first-order valence-electron chi connectivity index (χ1n) is 9.35. The predicted molar refractivity (Wildman–Crippen MR) is 101 cm³/mol. The molecule has 3 rings (SSSR count). The highest BCUT2D eigenvalue weighted by Gasteiger charge is 2.46. The number of methoxy groups -OCH3 is 1. The molecule has 154 valence electrons. The third kappa shape index (κ3) is 4.53. The molecule has 1 aromatic carbocycles. The molecule has 0 atom stereocenters. The second-order valence-electron chi connectivity index (χ2n) is 6.87. The molecular weight excluding hydrogens is 380 g/mol. The SMILES string of the molecule is COc1ccc(N2C(=O)C(=O)N(CC(=O)NC(=O)NC3CCCCC3)C2=O)cc1. The van der Waals surface area contributed by atoms with E-state index in [1.165, 1.54) is 31.4 Å². The van der Waals surface area contributed by atoms with E-state index >= 15 is 0 Å². The van der Waals surface area contributed by atoms with E-state index in [0.717, 1.165) is 32.1 Å². The normalized spacial score (nSPS) is 17.5. The zero-order valence-electron chi connectivity index (χ0n) is 16.0. The minimum atomic E-state index is -1.13. The lowest BCUT2D eigenvalue weighted by molar-refractivity contribution is -0.140. The van der Waals surface area contributed by atoms with Gasteiger partial charge in [0.15, 0.2) is 0 Å². The van der Waals surface area contributed by atoms with Crippen molar-refractivity contribution >= 4 is 35.5 Å². The van der Waals surface area contributed by atoms with Gasteiger partial charge in [-0.2, -0.15) is 0 Å². The minimum Gasteiger partial charge on any atom is -0.497 e. The summed E-state index contributed by atoms with van der Waals surface area (Å²) in [5, 5.41) is 4.80. The summed E-state index contributed by atoms with van der Waals surface area (Å²) >= 11 is 0. The molecule has 10 heteroatoms. The summed E-state index contributed by atoms with van der Waals surface area (Å²) in [6.45, 7) is -0.728. The van der Waals surface area contributed by atoms with E-state index in [-0.39, 0.29) is 11.7 Å². The van der Waals surface area contributed by atoms with E-state index in [0.29, 0.717) is 15.5 Å². The molecule has 1 saturated heterocycles. The van der Waals surface area contributed by atoms with Crippen molar-refractivity contribution in [3.8, 4) is 5.75 Å². The van der Waals surface area contributed by atoms with Gasteiger partial charge in [0.05, 0.1) is 12.8 Å². The molecule has 2 N–H and O–H groups in total. The van der Waals surface area contributed by atoms with Crippen LogP contribution in [0, 0.1) is 0 Å². The lowest BCUT2D eigenvalue weighted by atomic mass is 9.96. The third-order valence-electron chi connectivity index (χ3n) is 4.88. The van der Waals surface area contributed by atoms with Crippen LogP contribution in [0.1, 0.15) is 32.1 Å². The first-order valence-corrected chi connectivity index (χ1v) is 9.35. The summed E-state index contributed by atoms with van der Waals surface area (Å²) in [7, 11) is 1.47. The van der Waals surface area contributed by atoms with Gasteiger partial charge in [-0.05, 0) is 37.1 Å². The van der Waals surface area contributed by atoms with Crippen LogP contribution in [0.3, 0.4) is 0 Å². The summed E-state index contributed by atoms with van der Waals surface area (Å²) in [6.07, 6.45) is 4.83. The first-order chi connectivity index (χ1) is 13.9. The number of amides is 7. The van der Waals surface area contributed by atoms with Crippen LogP contribution >= 0.6 is 0 Å². The highest BCUT2D eigenvalue weighted by Crippen LogP contribution is 2.24. The molecule has 2 aliphatic rings. The van der Waals surface area contributed by atoms with Gasteiger partial charge in [0, 0.05) is 6.04 Å². The number of imide groups is 3. The molecule has 1 aliphatic carbocycles. The number of ether oxygens (including phenoxy) is 1. The van der Waals surface area contributed by atoms with Gasteiger partial charge in [-0.1, -0.05) is 19.3 Å². The molecule has 0 unspecified atom stereocenters. The molecule has 10 nitrogen and oxygen atoms in total. The van der Waals surface area contributed by atoms with E-state index in [2.05, 4.69) is 10.6 Å². The summed E-state index contributed by atoms with van der Waals surface area (Å²) in [5.74, 6) is -2.54. The van der Waals surface area contributed by atoms with E-state index in [1.807, 2.05) is 0 Å². The van der Waals surface area contributed by atoms with Crippen LogP contribution in [0.2, 0.25) is 0 Å². The number of carbonyl (C=O) groups is 5. The molecule has 0 radical (unpaired) electrons. The molecule has 1 aromatic rings. The lowest BCUT2D eigenvalue weighted by Gasteiger charge is -2.22. The van der Waals surface area contributed by atoms with Gasteiger partial charge >= 0.3 is 23.9 Å². The molecule has 2 fully saturated rings. The number of nitrogens with zero attached hydrogens (tertiary/aromatic N) is 2. The topological polar surface area (TPSA) is 125 Å². The van der Waals surface area contributed by atoms with E-state index < -0.39 is 36.3 Å². The van der Waals surface area contributed by atoms with Crippen LogP contribution in [0.15, 0.2) is 24.3 Å². The fourth-order valence-electron chi connectivity index (χ4n) is 3.38. The number of carbonyl (C=O) groups excluding carboxylic acids is 5. The van der Waals surface area contributed by atoms with E-state index in [4.69, 9.17) is 4.74 Å². The summed E-state index contributed by atoms with van der Waals surface area (Å²) in [4.78, 5) is 62.2. The van der Waals surface area contributed by atoms with Crippen LogP contribution < -0.4 is 20.3 Å². The monoisotopic (exact) mass is 402 g/mol. The Morgan fingerprint density at radius 3 is 2.31 bits per heavy atom. The number of urea groups is 2. The molecule has 0 spiro atoms. The quantitative estimate of drug-likeness (QED) is 0.562. The van der Waals surface area contributed by atoms with E-state index in [1.54, 1.807) is 0 Å². The Kier molecular flexibility index (Phi) is 6.10. The smallest absolute Gasteiger partial charge is 0.339 e. The summed E-state index contributed by atoms with van der Waals surface area (Å²) in [6, 6.07) is 4.33. The lowest BCUT2D eigenvalue weighted by Crippen LogP contribution is -2.49. The van der Waals surface area contributed by atoms with Gasteiger partial charge < -0.3 is 10.1 Å². The van der Waals surface area contributed by atoms with Gasteiger partial charge in [-0.25, -0.2) is 19.4 Å². The van der Waals surface area contributed by atoms with Gasteiger partial charge in [0.25, 0.3) is 0 Å². The summed E-state index contributed by atoms with van der Waals surface area (Å²) in [5.41, 5.74) is 0.173. The first kappa shape index (κ1) is 20.3. The van der Waals surface area contributed by atoms with Gasteiger partial charge in [0.1, 0.15) is 12.3 Å². The Balaban J connectivity index is 1.60. The highest BCUT2D eigenvalue weighted by atomic mass is 16.5. The average Bonchev–Trinajstić information content (AvgIpc) is 2.92. The van der Waals surface area contributed by atoms with Crippen molar-refractivity contribution in [2.24, 2.45) is 0 Å². The number of nitrogens with one attached hydrogen (secondary N) is 2. The zero-order valence-corrected chi connectivity index (χ0v) is 16.0. The van der Waals surface area contributed by atoms with Crippen molar-refractivity contribution in [3.05, 3.63) is 24.3 Å². The van der Waals surface area contributed by atoms with Crippen LogP contribution in [0.4, 0.5) is 15.3 Å². The predicted octanol–water partition coefficient (Wildman–Crippen LogP) is 1.15. The Morgan fingerprint density at radius 2 is 1.69 bits per heavy atom. The van der Waals surface area contributed by atoms with Crippen LogP contribution in [-0.4, -0.2) is 54.4 Å². The fourth-order valence-corrected chi connectivity index (χ4v) is 3.38. The van der Waals surface area contributed by atoms with Crippen molar-refractivity contribution in [1.82, 2.24) is 15.5 Å². The van der Waals surface area contributed by atoms with Crippen molar-refractivity contribution in [2.45, 2.75) is 38.1 Å². The molecule has 0 aromatic heterocycles. The molecule has 1 heterocycles. The number of hydrogen-bond donors (Lipinski definition) is 2. The maximum absolute atomic E-state index is 12.5. The van der Waals surface area contributed by atoms with Gasteiger partial charge in [-0.15, -0.1) is 0 Å². The van der Waals surface area contributed by atoms with Crippen molar-refractivity contribution in [3.63, 3.8) is 0 Å². The molecule has 0 bridgehead atoms. The number of rotatable bonds is 5. The Bertz CT molecular complexity index is 832. The molecule has 29 heavy (non-hydrogen) atoms. The molecule has 1 saturated carbocycles. The maximum atomic E-state index is 12.5. The maximum Gasteiger partial charge on any atom is 0.339 e. The largest absolute Gasteiger partial charge is 0.497 e. The Morgan fingerprint density at radius 1 is 1.03 bits per heavy atom. The number of benzene rings is 1. The second kappa shape index (κ2) is 8.72. The molecule has 7 amide bonds. The Hall–Kier alpha value is -3.43. The van der Waals surface area contributed by atoms with E-state index in [9.17, 15) is 24.0 Å². The highest BCUT2D eigenvalue weighted by molar-refractivity contribution is 6.53. The van der Waals surface area contributed by atoms with Gasteiger partial charge in [0.2, 0.25) is 5.91 Å². The van der Waals surface area contributed by atoms with Crippen molar-refractivity contribution < 1.29 is 28.7 Å². The molecule has 1 aliphatic heterocycles. The Labute approximate surface area is 167 Å². The average molecular weight is 402 g/mol. The molecular formula is C19H22N4O6. The fraction of sp³-hybridized carbons (Fsp3) is 0.421. The van der Waals surface area contributed by atoms with Gasteiger partial charge in [-0.3, -0.25) is 19.7 Å². The van der Waals surface area contributed by atoms with Crippen LogP contribution in [-0.2, 0) is 14.4 Å². The third-order valence-corrected chi connectivity index (χ3v) is 4.88. The van der Waals surface area contributed by atoms with Crippen molar-refractivity contribution in [1.29, 1.82) is 0 Å². The standard InChI is InChI=1S/C19H22N4O6/c1-29-14-9-7-13(8-10-14)23-17(26)16(25)22(19(23)28)11-15(24)21-18(27)20-12-5-3-2-4-6-12/h7-10,12H,2-6,11H2,1H3,(H2,20,21,24,27). The van der Waals surface area contributed by atoms with Crippen LogP contribution in [0.5, 0.6) is 5.75 Å². The van der Waals surface area contributed by atoms with Crippen LogP contribution in [0.25, 0.3) is 0 Å². The number of anilines is 1. The summed E-state index contributed by atoms with van der Waals surface area (Å²) < 4.78 is 5.02. The second-order valence-corrected chi connectivity index (χ2v) is 6.87. The number of hydrogen-bond acceptors (Lipinski definition) is 6. The van der Waals surface area contributed by atoms with Crippen molar-refractivity contribution in [2.75, 3.05) is 18.6 Å². The zero-order chi connectivity index (χ0) is 21.0. The minimum absolute atomic E-state index is 0.00116.